The average molecular weight is 332 g/mol. The molecule has 0 fully saturated rings. The summed E-state index contributed by atoms with van der Waals surface area (Å²) in [6, 6.07) is 10.4. The molecule has 1 aliphatic rings. The van der Waals surface area contributed by atoms with E-state index in [2.05, 4.69) is 12.1 Å². The Morgan fingerprint density at radius 3 is 2.12 bits per heavy atom. The summed E-state index contributed by atoms with van der Waals surface area (Å²) in [7, 11) is 0. The van der Waals surface area contributed by atoms with Crippen molar-refractivity contribution < 1.29 is 4.92 Å². The Kier molecular flexibility index (Phi) is 4.36. The van der Waals surface area contributed by atoms with Gasteiger partial charge in [0.25, 0.3) is 5.69 Å². The molecule has 0 spiro atoms. The van der Waals surface area contributed by atoms with Crippen molar-refractivity contribution in [1.82, 2.24) is 0 Å². The maximum absolute atomic E-state index is 10.9. The number of nitro benzene ring substituents is 1. The van der Waals surface area contributed by atoms with Gasteiger partial charge in [-0.2, -0.15) is 10.5 Å². The van der Waals surface area contributed by atoms with Gasteiger partial charge in [0.05, 0.1) is 21.7 Å². The number of hydrogen-bond acceptors (Lipinski definition) is 5. The zero-order valence-corrected chi connectivity index (χ0v) is 13.6. The molecule has 0 saturated heterocycles. The lowest BCUT2D eigenvalue weighted by Crippen LogP contribution is -2.07. The summed E-state index contributed by atoms with van der Waals surface area (Å²) in [4.78, 5) is 10.4. The number of anilines is 1. The van der Waals surface area contributed by atoms with Crippen LogP contribution in [0.1, 0.15) is 41.5 Å². The number of nitrogens with zero attached hydrogens (tertiary/aromatic N) is 3. The SMILES string of the molecule is N#Cc1c(N)c(C#N)c(-c2ccc([N+](=O)[O-])cc2)c2c1CCCCC2. The number of nitro groups is 1. The van der Waals surface area contributed by atoms with Crippen LogP contribution in [-0.2, 0) is 12.8 Å². The van der Waals surface area contributed by atoms with Crippen LogP contribution in [-0.4, -0.2) is 4.92 Å². The Morgan fingerprint density at radius 2 is 1.56 bits per heavy atom. The van der Waals surface area contributed by atoms with Crippen molar-refractivity contribution in [1.29, 1.82) is 10.5 Å². The molecule has 6 heteroatoms. The second kappa shape index (κ2) is 6.62. The van der Waals surface area contributed by atoms with E-state index in [0.29, 0.717) is 11.1 Å². The second-order valence-electron chi connectivity index (χ2n) is 6.08. The second-order valence-corrected chi connectivity index (χ2v) is 6.08. The molecule has 1 aliphatic carbocycles. The van der Waals surface area contributed by atoms with Crippen molar-refractivity contribution in [3.63, 3.8) is 0 Å². The fraction of sp³-hybridized carbons (Fsp3) is 0.263. The van der Waals surface area contributed by atoms with Gasteiger partial charge in [-0.15, -0.1) is 0 Å². The summed E-state index contributed by atoms with van der Waals surface area (Å²) in [5.41, 5.74) is 10.4. The van der Waals surface area contributed by atoms with E-state index in [1.54, 1.807) is 12.1 Å². The van der Waals surface area contributed by atoms with Gasteiger partial charge < -0.3 is 5.73 Å². The third kappa shape index (κ3) is 2.79. The highest BCUT2D eigenvalue weighted by atomic mass is 16.6. The van der Waals surface area contributed by atoms with E-state index < -0.39 is 4.92 Å². The first-order valence-corrected chi connectivity index (χ1v) is 8.10. The summed E-state index contributed by atoms with van der Waals surface area (Å²) in [5.74, 6) is 0. The third-order valence-corrected chi connectivity index (χ3v) is 4.70. The first-order chi connectivity index (χ1) is 12.1. The standard InChI is InChI=1S/C19H16N4O2/c20-10-16-14-4-2-1-3-5-15(14)18(17(11-21)19(16)22)12-6-8-13(9-7-12)23(24)25/h6-9H,1-5,22H2. The fourth-order valence-electron chi connectivity index (χ4n) is 3.52. The van der Waals surface area contributed by atoms with E-state index in [9.17, 15) is 20.6 Å². The van der Waals surface area contributed by atoms with Crippen molar-refractivity contribution in [2.45, 2.75) is 32.1 Å². The van der Waals surface area contributed by atoms with Crippen LogP contribution in [0, 0.1) is 32.8 Å². The van der Waals surface area contributed by atoms with Gasteiger partial charge in [-0.1, -0.05) is 6.42 Å². The van der Waals surface area contributed by atoms with Crippen LogP contribution in [0.15, 0.2) is 24.3 Å². The molecule has 2 N–H and O–H groups in total. The average Bonchev–Trinajstić information content (AvgIpc) is 2.86. The monoisotopic (exact) mass is 332 g/mol. The van der Waals surface area contributed by atoms with Gasteiger partial charge >= 0.3 is 0 Å². The van der Waals surface area contributed by atoms with Crippen molar-refractivity contribution in [2.75, 3.05) is 5.73 Å². The molecule has 0 heterocycles. The molecular weight excluding hydrogens is 316 g/mol. The van der Waals surface area contributed by atoms with Gasteiger partial charge in [-0.25, -0.2) is 0 Å². The number of benzene rings is 2. The van der Waals surface area contributed by atoms with Crippen molar-refractivity contribution in [3.8, 4) is 23.3 Å². The van der Waals surface area contributed by atoms with E-state index in [0.717, 1.165) is 48.8 Å². The molecule has 0 radical (unpaired) electrons. The molecule has 6 nitrogen and oxygen atoms in total. The number of non-ortho nitro benzene ring substituents is 1. The Bertz CT molecular complexity index is 934. The largest absolute Gasteiger partial charge is 0.397 e. The van der Waals surface area contributed by atoms with Crippen LogP contribution in [0.2, 0.25) is 0 Å². The van der Waals surface area contributed by atoms with Crippen LogP contribution in [0.5, 0.6) is 0 Å². The Hall–Kier alpha value is -3.38. The van der Waals surface area contributed by atoms with Gasteiger partial charge in [0.1, 0.15) is 12.1 Å². The topological polar surface area (TPSA) is 117 Å². The van der Waals surface area contributed by atoms with E-state index in [1.807, 2.05) is 0 Å². The number of nitriles is 2. The number of fused-ring (bicyclic) bond motifs is 1. The summed E-state index contributed by atoms with van der Waals surface area (Å²) in [5, 5.41) is 30.1. The van der Waals surface area contributed by atoms with Crippen LogP contribution >= 0.6 is 0 Å². The maximum Gasteiger partial charge on any atom is 0.269 e. The summed E-state index contributed by atoms with van der Waals surface area (Å²) in [6.45, 7) is 0. The van der Waals surface area contributed by atoms with E-state index >= 15 is 0 Å². The molecule has 0 bridgehead atoms. The highest BCUT2D eigenvalue weighted by Crippen LogP contribution is 2.40. The fourth-order valence-corrected chi connectivity index (χ4v) is 3.52. The molecule has 124 valence electrons. The molecule has 0 saturated carbocycles. The van der Waals surface area contributed by atoms with Gasteiger partial charge in [-0.3, -0.25) is 10.1 Å². The van der Waals surface area contributed by atoms with Crippen LogP contribution in [0.4, 0.5) is 11.4 Å². The van der Waals surface area contributed by atoms with Gasteiger partial charge in [0.15, 0.2) is 0 Å². The zero-order chi connectivity index (χ0) is 18.0. The molecule has 2 aromatic rings. The van der Waals surface area contributed by atoms with Crippen LogP contribution in [0.25, 0.3) is 11.1 Å². The lowest BCUT2D eigenvalue weighted by Gasteiger charge is -2.18. The number of hydrogen-bond donors (Lipinski definition) is 1. The summed E-state index contributed by atoms with van der Waals surface area (Å²) >= 11 is 0. The summed E-state index contributed by atoms with van der Waals surface area (Å²) in [6.07, 6.45) is 4.54. The number of nitrogen functional groups attached to an aromatic ring is 1. The minimum absolute atomic E-state index is 0.00466. The minimum atomic E-state index is -0.456. The molecule has 0 aromatic heterocycles. The molecule has 2 aromatic carbocycles. The van der Waals surface area contributed by atoms with Crippen molar-refractivity contribution in [3.05, 3.63) is 56.6 Å². The highest BCUT2D eigenvalue weighted by molar-refractivity contribution is 5.85. The molecule has 0 amide bonds. The minimum Gasteiger partial charge on any atom is -0.397 e. The molecular formula is C19H16N4O2. The first-order valence-electron chi connectivity index (χ1n) is 8.10. The Labute approximate surface area is 145 Å². The molecule has 0 unspecified atom stereocenters. The van der Waals surface area contributed by atoms with E-state index in [4.69, 9.17) is 5.73 Å². The Balaban J connectivity index is 2.32. The third-order valence-electron chi connectivity index (χ3n) is 4.70. The number of nitrogens with two attached hydrogens (primary N) is 1. The molecule has 25 heavy (non-hydrogen) atoms. The quantitative estimate of drug-likeness (QED) is 0.388. The van der Waals surface area contributed by atoms with Gasteiger partial charge in [0.2, 0.25) is 0 Å². The summed E-state index contributed by atoms with van der Waals surface area (Å²) < 4.78 is 0. The van der Waals surface area contributed by atoms with Gasteiger partial charge in [0, 0.05) is 17.7 Å². The molecule has 0 atom stereocenters. The van der Waals surface area contributed by atoms with Crippen LogP contribution < -0.4 is 5.73 Å². The van der Waals surface area contributed by atoms with Crippen molar-refractivity contribution >= 4 is 11.4 Å². The number of rotatable bonds is 2. The zero-order valence-electron chi connectivity index (χ0n) is 13.6. The molecule has 0 aliphatic heterocycles. The predicted octanol–water partition coefficient (Wildman–Crippen LogP) is 3.86. The Morgan fingerprint density at radius 1 is 0.960 bits per heavy atom. The molecule has 3 rings (SSSR count). The lowest BCUT2D eigenvalue weighted by atomic mass is 9.84. The van der Waals surface area contributed by atoms with Crippen molar-refractivity contribution in [2.24, 2.45) is 0 Å². The van der Waals surface area contributed by atoms with E-state index in [1.165, 1.54) is 12.1 Å². The highest BCUT2D eigenvalue weighted by Gasteiger charge is 2.24. The van der Waals surface area contributed by atoms with Crippen LogP contribution in [0.3, 0.4) is 0 Å². The first kappa shape index (κ1) is 16.5. The van der Waals surface area contributed by atoms with E-state index in [-0.39, 0.29) is 16.9 Å². The van der Waals surface area contributed by atoms with Gasteiger partial charge in [-0.05, 0) is 54.5 Å². The lowest BCUT2D eigenvalue weighted by molar-refractivity contribution is -0.384. The normalized spacial score (nSPS) is 13.2. The predicted molar refractivity (Wildman–Crippen MR) is 93.6 cm³/mol. The smallest absolute Gasteiger partial charge is 0.269 e. The maximum atomic E-state index is 10.9.